The van der Waals surface area contributed by atoms with E-state index in [-0.39, 0.29) is 35.8 Å². The first-order valence-corrected chi connectivity index (χ1v) is 8.59. The highest BCUT2D eigenvalue weighted by Gasteiger charge is 2.14. The largest absolute Gasteiger partial charge is 0.478 e. The van der Waals surface area contributed by atoms with E-state index in [0.717, 1.165) is 25.3 Å². The molecular weight excluding hydrogens is 352 g/mol. The molecule has 142 valence electrons. The van der Waals surface area contributed by atoms with Crippen LogP contribution in [0.1, 0.15) is 42.1 Å². The van der Waals surface area contributed by atoms with Crippen LogP contribution < -0.4 is 15.8 Å². The van der Waals surface area contributed by atoms with Crippen LogP contribution in [0.25, 0.3) is 0 Å². The fraction of sp³-hybridized carbons (Fsp3) is 0.300. The zero-order valence-electron chi connectivity index (χ0n) is 15.0. The molecule has 0 atom stereocenters. The SMILES string of the molecule is CCCCC#CCOc1cccc(CNC(=O)c2ccc(F)nc2N)c1F. The van der Waals surface area contributed by atoms with Gasteiger partial charge < -0.3 is 15.8 Å². The van der Waals surface area contributed by atoms with Gasteiger partial charge in [-0.15, -0.1) is 0 Å². The number of ether oxygens (including phenoxy) is 1. The number of hydrogen-bond donors (Lipinski definition) is 2. The molecule has 2 aromatic rings. The number of carbonyl (C=O) groups is 1. The Balaban J connectivity index is 1.96. The van der Waals surface area contributed by atoms with Crippen molar-refractivity contribution in [1.82, 2.24) is 10.3 Å². The molecule has 5 nitrogen and oxygen atoms in total. The van der Waals surface area contributed by atoms with Gasteiger partial charge in [0.15, 0.2) is 11.6 Å². The first-order valence-electron chi connectivity index (χ1n) is 8.59. The Morgan fingerprint density at radius 3 is 2.81 bits per heavy atom. The van der Waals surface area contributed by atoms with E-state index in [2.05, 4.69) is 29.1 Å². The van der Waals surface area contributed by atoms with Gasteiger partial charge in [-0.25, -0.2) is 9.37 Å². The number of anilines is 1. The van der Waals surface area contributed by atoms with Gasteiger partial charge in [0, 0.05) is 18.5 Å². The second-order valence-corrected chi connectivity index (χ2v) is 5.72. The third-order valence-electron chi connectivity index (χ3n) is 3.70. The molecule has 1 aromatic heterocycles. The van der Waals surface area contributed by atoms with E-state index < -0.39 is 17.7 Å². The third kappa shape index (κ3) is 5.96. The van der Waals surface area contributed by atoms with Crippen molar-refractivity contribution in [2.45, 2.75) is 32.7 Å². The van der Waals surface area contributed by atoms with E-state index in [9.17, 15) is 13.6 Å². The van der Waals surface area contributed by atoms with E-state index in [1.165, 1.54) is 18.2 Å². The van der Waals surface area contributed by atoms with Gasteiger partial charge >= 0.3 is 0 Å². The van der Waals surface area contributed by atoms with Crippen molar-refractivity contribution >= 4 is 11.7 Å². The number of benzene rings is 1. The van der Waals surface area contributed by atoms with Crippen LogP contribution in [0.15, 0.2) is 30.3 Å². The molecule has 0 radical (unpaired) electrons. The van der Waals surface area contributed by atoms with Gasteiger partial charge in [0.05, 0.1) is 5.56 Å². The molecule has 0 fully saturated rings. The zero-order valence-corrected chi connectivity index (χ0v) is 15.0. The number of halogens is 2. The van der Waals surface area contributed by atoms with Crippen LogP contribution >= 0.6 is 0 Å². The van der Waals surface area contributed by atoms with Crippen molar-refractivity contribution in [3.05, 3.63) is 53.2 Å². The second kappa shape index (κ2) is 10.1. The molecule has 0 aliphatic carbocycles. The quantitative estimate of drug-likeness (QED) is 0.443. The van der Waals surface area contributed by atoms with Gasteiger partial charge in [-0.2, -0.15) is 4.39 Å². The van der Waals surface area contributed by atoms with E-state index in [4.69, 9.17) is 10.5 Å². The van der Waals surface area contributed by atoms with Crippen molar-refractivity contribution in [3.8, 4) is 17.6 Å². The summed E-state index contributed by atoms with van der Waals surface area (Å²) in [6.07, 6.45) is 2.87. The molecule has 0 bridgehead atoms. The van der Waals surface area contributed by atoms with Gasteiger partial charge in [-0.1, -0.05) is 37.3 Å². The van der Waals surface area contributed by atoms with Crippen LogP contribution in [0.3, 0.4) is 0 Å². The summed E-state index contributed by atoms with van der Waals surface area (Å²) in [7, 11) is 0. The number of unbranched alkanes of at least 4 members (excludes halogenated alkanes) is 2. The molecule has 0 aliphatic heterocycles. The van der Waals surface area contributed by atoms with E-state index in [1.807, 2.05) is 0 Å². The van der Waals surface area contributed by atoms with Crippen LogP contribution in [-0.4, -0.2) is 17.5 Å². The average Bonchev–Trinajstić information content (AvgIpc) is 2.64. The normalized spacial score (nSPS) is 10.0. The monoisotopic (exact) mass is 373 g/mol. The number of nitrogens with one attached hydrogen (secondary N) is 1. The van der Waals surface area contributed by atoms with Gasteiger partial charge in [-0.3, -0.25) is 4.79 Å². The lowest BCUT2D eigenvalue weighted by atomic mass is 10.2. The molecule has 1 aromatic carbocycles. The number of nitrogen functional groups attached to an aromatic ring is 1. The van der Waals surface area contributed by atoms with Crippen molar-refractivity contribution in [2.75, 3.05) is 12.3 Å². The maximum absolute atomic E-state index is 14.5. The molecule has 2 rings (SSSR count). The lowest BCUT2D eigenvalue weighted by molar-refractivity contribution is 0.0951. The van der Waals surface area contributed by atoms with E-state index in [1.54, 1.807) is 6.07 Å². The van der Waals surface area contributed by atoms with Crippen molar-refractivity contribution in [1.29, 1.82) is 0 Å². The summed E-state index contributed by atoms with van der Waals surface area (Å²) in [5, 5.41) is 2.53. The number of pyridine rings is 1. The van der Waals surface area contributed by atoms with Gasteiger partial charge in [0.1, 0.15) is 12.4 Å². The van der Waals surface area contributed by atoms with Crippen molar-refractivity contribution in [2.24, 2.45) is 0 Å². The maximum atomic E-state index is 14.5. The minimum absolute atomic E-state index is 0.0200. The lowest BCUT2D eigenvalue weighted by Gasteiger charge is -2.10. The highest BCUT2D eigenvalue weighted by Crippen LogP contribution is 2.20. The van der Waals surface area contributed by atoms with E-state index >= 15 is 0 Å². The van der Waals surface area contributed by atoms with Crippen LogP contribution in [0.2, 0.25) is 0 Å². The highest BCUT2D eigenvalue weighted by molar-refractivity contribution is 5.98. The number of amides is 1. The molecule has 27 heavy (non-hydrogen) atoms. The molecule has 0 unspecified atom stereocenters. The molecule has 0 saturated carbocycles. The Morgan fingerprint density at radius 1 is 1.26 bits per heavy atom. The van der Waals surface area contributed by atoms with Crippen LogP contribution in [0.5, 0.6) is 5.75 Å². The molecule has 0 spiro atoms. The van der Waals surface area contributed by atoms with Crippen LogP contribution in [0.4, 0.5) is 14.6 Å². The Morgan fingerprint density at radius 2 is 2.07 bits per heavy atom. The first-order chi connectivity index (χ1) is 13.0. The predicted octanol–water partition coefficient (Wildman–Crippen LogP) is 3.44. The molecule has 3 N–H and O–H groups in total. The van der Waals surface area contributed by atoms with Gasteiger partial charge in [0.2, 0.25) is 5.95 Å². The standard InChI is InChI=1S/C20H21F2N3O2/c1-2-3-4-5-6-12-27-16-9-7-8-14(18(16)22)13-24-20(26)15-10-11-17(21)25-19(15)23/h7-11H,2-4,12-13H2,1H3,(H2,23,25)(H,24,26). The number of aromatic nitrogens is 1. The zero-order chi connectivity index (χ0) is 19.6. The highest BCUT2D eigenvalue weighted by atomic mass is 19.1. The third-order valence-corrected chi connectivity index (χ3v) is 3.70. The number of nitrogens with two attached hydrogens (primary N) is 1. The Hall–Kier alpha value is -3.14. The topological polar surface area (TPSA) is 77.2 Å². The molecule has 0 saturated heterocycles. The molecular formula is C20H21F2N3O2. The van der Waals surface area contributed by atoms with Crippen LogP contribution in [-0.2, 0) is 6.54 Å². The first kappa shape index (κ1) is 20.2. The number of carbonyl (C=O) groups excluding carboxylic acids is 1. The fourth-order valence-electron chi connectivity index (χ4n) is 2.24. The summed E-state index contributed by atoms with van der Waals surface area (Å²) in [5.74, 6) is 3.70. The Kier molecular flexibility index (Phi) is 7.56. The lowest BCUT2D eigenvalue weighted by Crippen LogP contribution is -2.24. The maximum Gasteiger partial charge on any atom is 0.255 e. The molecule has 0 aliphatic rings. The predicted molar refractivity (Wildman–Crippen MR) is 99.0 cm³/mol. The Labute approximate surface area is 156 Å². The number of nitrogens with zero attached hydrogens (tertiary/aromatic N) is 1. The second-order valence-electron chi connectivity index (χ2n) is 5.72. The minimum Gasteiger partial charge on any atom is -0.478 e. The van der Waals surface area contributed by atoms with Gasteiger partial charge in [-0.05, 0) is 24.6 Å². The summed E-state index contributed by atoms with van der Waals surface area (Å²) in [6.45, 7) is 2.09. The summed E-state index contributed by atoms with van der Waals surface area (Å²) >= 11 is 0. The molecule has 1 amide bonds. The smallest absolute Gasteiger partial charge is 0.255 e. The van der Waals surface area contributed by atoms with Crippen molar-refractivity contribution in [3.63, 3.8) is 0 Å². The van der Waals surface area contributed by atoms with E-state index in [0.29, 0.717) is 0 Å². The summed E-state index contributed by atoms with van der Waals surface area (Å²) in [5.41, 5.74) is 5.79. The molecule has 7 heteroatoms. The summed E-state index contributed by atoms with van der Waals surface area (Å²) in [6, 6.07) is 6.90. The van der Waals surface area contributed by atoms with Crippen molar-refractivity contribution < 1.29 is 18.3 Å². The summed E-state index contributed by atoms with van der Waals surface area (Å²) < 4.78 is 32.8. The minimum atomic E-state index is -0.780. The average molecular weight is 373 g/mol. The fourth-order valence-corrected chi connectivity index (χ4v) is 2.24. The number of rotatable bonds is 7. The summed E-state index contributed by atoms with van der Waals surface area (Å²) in [4.78, 5) is 15.5. The molecule has 1 heterocycles. The van der Waals surface area contributed by atoms with Gasteiger partial charge in [0.25, 0.3) is 5.91 Å². The van der Waals surface area contributed by atoms with Crippen LogP contribution in [0, 0.1) is 23.6 Å². The number of hydrogen-bond acceptors (Lipinski definition) is 4. The Bertz CT molecular complexity index is 860.